The summed E-state index contributed by atoms with van der Waals surface area (Å²) < 4.78 is 12.6. The maximum Gasteiger partial charge on any atom is 0.251 e. The Morgan fingerprint density at radius 2 is 1.96 bits per heavy atom. The molecule has 0 atom stereocenters. The number of carbonyl (C=O) groups is 1. The zero-order valence-electron chi connectivity index (χ0n) is 13.9. The Bertz CT molecular complexity index is 814. The number of aromatic nitrogens is 2. The average Bonchev–Trinajstić information content (AvgIpc) is 3.20. The van der Waals surface area contributed by atoms with Gasteiger partial charge in [0.15, 0.2) is 0 Å². The zero-order valence-corrected chi connectivity index (χ0v) is 13.9. The van der Waals surface area contributed by atoms with Gasteiger partial charge in [0.25, 0.3) is 5.91 Å². The summed E-state index contributed by atoms with van der Waals surface area (Å²) in [5.74, 6) is 1.31. The minimum atomic E-state index is -0.133. The van der Waals surface area contributed by atoms with Crippen LogP contribution in [0.15, 0.2) is 67.3 Å². The lowest BCUT2D eigenvalue weighted by Gasteiger charge is -2.09. The second kappa shape index (κ2) is 8.01. The van der Waals surface area contributed by atoms with Gasteiger partial charge in [0, 0.05) is 29.7 Å². The highest BCUT2D eigenvalue weighted by Gasteiger charge is 2.05. The van der Waals surface area contributed by atoms with Crippen LogP contribution in [0.1, 0.15) is 10.4 Å². The molecule has 25 heavy (non-hydrogen) atoms. The fraction of sp³-hybridized carbons (Fsp3) is 0.158. The van der Waals surface area contributed by atoms with E-state index in [1.165, 1.54) is 0 Å². The van der Waals surface area contributed by atoms with E-state index >= 15 is 0 Å². The fourth-order valence-corrected chi connectivity index (χ4v) is 2.32. The molecule has 1 heterocycles. The third kappa shape index (κ3) is 4.38. The second-order valence-corrected chi connectivity index (χ2v) is 5.30. The summed E-state index contributed by atoms with van der Waals surface area (Å²) in [4.78, 5) is 16.2. The standard InChI is InChI=1S/C19H19N3O3/c1-24-17-3-2-4-18(13-17)25-12-10-21-19(23)15-5-7-16(8-6-15)22-11-9-20-14-22/h2-9,11,13-14H,10,12H2,1H3,(H,21,23). The summed E-state index contributed by atoms with van der Waals surface area (Å²) in [6, 6.07) is 14.7. The van der Waals surface area contributed by atoms with E-state index in [1.54, 1.807) is 37.8 Å². The topological polar surface area (TPSA) is 65.4 Å². The van der Waals surface area contributed by atoms with Gasteiger partial charge in [-0.2, -0.15) is 0 Å². The molecule has 0 fully saturated rings. The van der Waals surface area contributed by atoms with E-state index in [0.29, 0.717) is 24.5 Å². The molecule has 0 radical (unpaired) electrons. The minimum Gasteiger partial charge on any atom is -0.497 e. The molecule has 6 heteroatoms. The van der Waals surface area contributed by atoms with Crippen LogP contribution in [0, 0.1) is 0 Å². The first-order valence-electron chi connectivity index (χ1n) is 7.90. The number of amides is 1. The maximum absolute atomic E-state index is 12.1. The Kier molecular flexibility index (Phi) is 5.31. The van der Waals surface area contributed by atoms with Gasteiger partial charge in [-0.05, 0) is 36.4 Å². The summed E-state index contributed by atoms with van der Waals surface area (Å²) in [7, 11) is 1.61. The Morgan fingerprint density at radius 3 is 2.68 bits per heavy atom. The van der Waals surface area contributed by atoms with Crippen LogP contribution >= 0.6 is 0 Å². The van der Waals surface area contributed by atoms with Crippen molar-refractivity contribution in [1.82, 2.24) is 14.9 Å². The molecule has 0 bridgehead atoms. The highest BCUT2D eigenvalue weighted by Crippen LogP contribution is 2.18. The van der Waals surface area contributed by atoms with Gasteiger partial charge < -0.3 is 19.4 Å². The quantitative estimate of drug-likeness (QED) is 0.673. The van der Waals surface area contributed by atoms with Gasteiger partial charge in [0.2, 0.25) is 0 Å². The maximum atomic E-state index is 12.1. The molecular weight excluding hydrogens is 318 g/mol. The van der Waals surface area contributed by atoms with E-state index in [2.05, 4.69) is 10.3 Å². The Hall–Kier alpha value is -3.28. The molecule has 6 nitrogen and oxygen atoms in total. The molecule has 0 unspecified atom stereocenters. The Labute approximate surface area is 146 Å². The van der Waals surface area contributed by atoms with Crippen LogP contribution in [0.4, 0.5) is 0 Å². The third-order valence-corrected chi connectivity index (χ3v) is 3.63. The van der Waals surface area contributed by atoms with Gasteiger partial charge in [0.05, 0.1) is 20.0 Å². The largest absolute Gasteiger partial charge is 0.497 e. The predicted octanol–water partition coefficient (Wildman–Crippen LogP) is 2.69. The molecule has 2 aromatic carbocycles. The van der Waals surface area contributed by atoms with Crippen molar-refractivity contribution in [2.75, 3.05) is 20.3 Å². The van der Waals surface area contributed by atoms with Crippen LogP contribution < -0.4 is 14.8 Å². The first-order chi connectivity index (χ1) is 12.3. The molecule has 0 aliphatic carbocycles. The van der Waals surface area contributed by atoms with E-state index in [0.717, 1.165) is 11.4 Å². The Balaban J connectivity index is 1.47. The number of rotatable bonds is 7. The number of carbonyl (C=O) groups excluding carboxylic acids is 1. The van der Waals surface area contributed by atoms with Crippen LogP contribution in [-0.2, 0) is 0 Å². The summed E-state index contributed by atoms with van der Waals surface area (Å²) >= 11 is 0. The minimum absolute atomic E-state index is 0.133. The van der Waals surface area contributed by atoms with E-state index in [9.17, 15) is 4.79 Å². The molecule has 0 aliphatic rings. The number of nitrogens with zero attached hydrogens (tertiary/aromatic N) is 2. The molecule has 1 amide bonds. The van der Waals surface area contributed by atoms with Crippen molar-refractivity contribution in [3.8, 4) is 17.2 Å². The lowest BCUT2D eigenvalue weighted by Crippen LogP contribution is -2.28. The van der Waals surface area contributed by atoms with Crippen molar-refractivity contribution >= 4 is 5.91 Å². The van der Waals surface area contributed by atoms with Crippen LogP contribution in [-0.4, -0.2) is 35.7 Å². The molecule has 0 spiro atoms. The number of methoxy groups -OCH3 is 1. The van der Waals surface area contributed by atoms with Crippen molar-refractivity contribution in [2.45, 2.75) is 0 Å². The molecule has 0 aliphatic heterocycles. The van der Waals surface area contributed by atoms with E-state index in [-0.39, 0.29) is 5.91 Å². The molecule has 1 aromatic heterocycles. The third-order valence-electron chi connectivity index (χ3n) is 3.63. The predicted molar refractivity (Wildman–Crippen MR) is 94.4 cm³/mol. The normalized spacial score (nSPS) is 10.3. The van der Waals surface area contributed by atoms with E-state index < -0.39 is 0 Å². The molecule has 0 saturated heterocycles. The lowest BCUT2D eigenvalue weighted by molar-refractivity contribution is 0.0947. The van der Waals surface area contributed by atoms with Gasteiger partial charge in [0.1, 0.15) is 18.1 Å². The van der Waals surface area contributed by atoms with E-state index in [4.69, 9.17) is 9.47 Å². The molecular formula is C19H19N3O3. The number of benzene rings is 2. The lowest BCUT2D eigenvalue weighted by atomic mass is 10.2. The smallest absolute Gasteiger partial charge is 0.251 e. The zero-order chi connectivity index (χ0) is 17.5. The van der Waals surface area contributed by atoms with Crippen molar-refractivity contribution in [2.24, 2.45) is 0 Å². The van der Waals surface area contributed by atoms with Gasteiger partial charge >= 0.3 is 0 Å². The fourth-order valence-electron chi connectivity index (χ4n) is 2.32. The number of nitrogens with one attached hydrogen (secondary N) is 1. The highest BCUT2D eigenvalue weighted by molar-refractivity contribution is 5.94. The van der Waals surface area contributed by atoms with Crippen molar-refractivity contribution in [3.05, 3.63) is 72.8 Å². The summed E-state index contributed by atoms with van der Waals surface area (Å²) in [6.07, 6.45) is 5.28. The number of hydrogen-bond acceptors (Lipinski definition) is 4. The van der Waals surface area contributed by atoms with E-state index in [1.807, 2.05) is 41.1 Å². The summed E-state index contributed by atoms with van der Waals surface area (Å²) in [6.45, 7) is 0.797. The van der Waals surface area contributed by atoms with Gasteiger partial charge in [-0.1, -0.05) is 6.07 Å². The van der Waals surface area contributed by atoms with Crippen LogP contribution in [0.3, 0.4) is 0 Å². The molecule has 0 saturated carbocycles. The van der Waals surface area contributed by atoms with Crippen LogP contribution in [0.25, 0.3) is 5.69 Å². The highest BCUT2D eigenvalue weighted by atomic mass is 16.5. The average molecular weight is 337 g/mol. The van der Waals surface area contributed by atoms with Gasteiger partial charge in [-0.25, -0.2) is 4.98 Å². The molecule has 3 rings (SSSR count). The Morgan fingerprint density at radius 1 is 1.16 bits per heavy atom. The van der Waals surface area contributed by atoms with Crippen molar-refractivity contribution in [3.63, 3.8) is 0 Å². The molecule has 1 N–H and O–H groups in total. The molecule has 3 aromatic rings. The summed E-state index contributed by atoms with van der Waals surface area (Å²) in [5.41, 5.74) is 1.56. The first-order valence-corrected chi connectivity index (χ1v) is 7.90. The monoisotopic (exact) mass is 337 g/mol. The second-order valence-electron chi connectivity index (χ2n) is 5.30. The summed E-state index contributed by atoms with van der Waals surface area (Å²) in [5, 5.41) is 2.84. The number of imidazole rings is 1. The number of ether oxygens (including phenoxy) is 2. The molecule has 128 valence electrons. The van der Waals surface area contributed by atoms with Crippen molar-refractivity contribution in [1.29, 1.82) is 0 Å². The first kappa shape index (κ1) is 16.6. The van der Waals surface area contributed by atoms with Crippen LogP contribution in [0.5, 0.6) is 11.5 Å². The van der Waals surface area contributed by atoms with Crippen LogP contribution in [0.2, 0.25) is 0 Å². The SMILES string of the molecule is COc1cccc(OCCNC(=O)c2ccc(-n3ccnc3)cc2)c1. The van der Waals surface area contributed by atoms with Crippen molar-refractivity contribution < 1.29 is 14.3 Å². The van der Waals surface area contributed by atoms with Gasteiger partial charge in [-0.3, -0.25) is 4.79 Å². The number of hydrogen-bond donors (Lipinski definition) is 1. The van der Waals surface area contributed by atoms with Gasteiger partial charge in [-0.15, -0.1) is 0 Å².